The van der Waals surface area contributed by atoms with Gasteiger partial charge >= 0.3 is 0 Å². The SMILES string of the molecule is NNc1ccncc1S(=O)(=O)Nc1cnccn1. The van der Waals surface area contributed by atoms with Gasteiger partial charge in [-0.25, -0.2) is 13.4 Å². The summed E-state index contributed by atoms with van der Waals surface area (Å²) >= 11 is 0. The van der Waals surface area contributed by atoms with Gasteiger partial charge in [0.05, 0.1) is 11.9 Å². The Hall–Kier alpha value is -2.26. The van der Waals surface area contributed by atoms with E-state index < -0.39 is 10.0 Å². The number of rotatable bonds is 4. The van der Waals surface area contributed by atoms with Crippen LogP contribution in [0.3, 0.4) is 0 Å². The first kappa shape index (κ1) is 12.2. The Morgan fingerprint density at radius 2 is 1.89 bits per heavy atom. The topological polar surface area (TPSA) is 123 Å². The van der Waals surface area contributed by atoms with Crippen LogP contribution in [0.2, 0.25) is 0 Å². The highest BCUT2D eigenvalue weighted by Crippen LogP contribution is 2.20. The second-order valence-corrected chi connectivity index (χ2v) is 4.86. The van der Waals surface area contributed by atoms with E-state index in [1.807, 2.05) is 0 Å². The summed E-state index contributed by atoms with van der Waals surface area (Å²) < 4.78 is 26.4. The number of nitrogens with one attached hydrogen (secondary N) is 2. The summed E-state index contributed by atoms with van der Waals surface area (Å²) in [5, 5.41) is 0. The minimum absolute atomic E-state index is 0.0712. The summed E-state index contributed by atoms with van der Waals surface area (Å²) in [6.45, 7) is 0. The van der Waals surface area contributed by atoms with Crippen LogP contribution in [0.5, 0.6) is 0 Å². The van der Waals surface area contributed by atoms with E-state index in [1.165, 1.54) is 37.1 Å². The molecular weight excluding hydrogens is 256 g/mol. The molecule has 2 aromatic rings. The molecule has 0 aromatic carbocycles. The molecule has 0 aliphatic rings. The molecule has 0 amide bonds. The Bertz CT molecular complexity index is 631. The van der Waals surface area contributed by atoms with Crippen molar-refractivity contribution in [1.29, 1.82) is 0 Å². The van der Waals surface area contributed by atoms with Gasteiger partial charge in [0.25, 0.3) is 10.0 Å². The molecule has 9 heteroatoms. The van der Waals surface area contributed by atoms with Crippen molar-refractivity contribution in [3.8, 4) is 0 Å². The smallest absolute Gasteiger partial charge is 0.266 e. The van der Waals surface area contributed by atoms with Gasteiger partial charge in [0.15, 0.2) is 5.82 Å². The second-order valence-electron chi connectivity index (χ2n) is 3.21. The predicted molar refractivity (Wildman–Crippen MR) is 64.9 cm³/mol. The van der Waals surface area contributed by atoms with E-state index in [0.29, 0.717) is 0 Å². The van der Waals surface area contributed by atoms with Crippen molar-refractivity contribution in [2.75, 3.05) is 10.1 Å². The molecule has 0 aliphatic carbocycles. The van der Waals surface area contributed by atoms with Crippen LogP contribution in [0, 0.1) is 0 Å². The Morgan fingerprint density at radius 3 is 2.56 bits per heavy atom. The van der Waals surface area contributed by atoms with Crippen LogP contribution in [0.1, 0.15) is 0 Å². The maximum atomic E-state index is 12.1. The summed E-state index contributed by atoms with van der Waals surface area (Å²) in [5.74, 6) is 5.36. The third kappa shape index (κ3) is 2.52. The second kappa shape index (κ2) is 4.94. The lowest BCUT2D eigenvalue weighted by Crippen LogP contribution is -2.18. The fraction of sp³-hybridized carbons (Fsp3) is 0. The van der Waals surface area contributed by atoms with Crippen LogP contribution in [-0.2, 0) is 10.0 Å². The van der Waals surface area contributed by atoms with Crippen LogP contribution in [0.15, 0.2) is 41.9 Å². The zero-order valence-corrected chi connectivity index (χ0v) is 9.92. The molecule has 0 saturated carbocycles. The summed E-state index contributed by atoms with van der Waals surface area (Å²) in [6.07, 6.45) is 6.73. The van der Waals surface area contributed by atoms with Crippen LogP contribution >= 0.6 is 0 Å². The Labute approximate surface area is 103 Å². The highest BCUT2D eigenvalue weighted by Gasteiger charge is 2.19. The van der Waals surface area contributed by atoms with Crippen LogP contribution in [-0.4, -0.2) is 23.4 Å². The lowest BCUT2D eigenvalue weighted by molar-refractivity contribution is 0.601. The van der Waals surface area contributed by atoms with Crippen molar-refractivity contribution < 1.29 is 8.42 Å². The number of hydrogen-bond donors (Lipinski definition) is 3. The maximum Gasteiger partial charge on any atom is 0.266 e. The molecule has 2 aromatic heterocycles. The number of nitrogen functional groups attached to an aromatic ring is 1. The zero-order valence-electron chi connectivity index (χ0n) is 9.11. The molecule has 0 atom stereocenters. The quantitative estimate of drug-likeness (QED) is 0.524. The van der Waals surface area contributed by atoms with Crippen LogP contribution < -0.4 is 16.0 Å². The molecule has 0 bridgehead atoms. The van der Waals surface area contributed by atoms with Gasteiger partial charge in [0.2, 0.25) is 0 Å². The van der Waals surface area contributed by atoms with Gasteiger partial charge < -0.3 is 5.43 Å². The molecular formula is C9H10N6O2S. The van der Waals surface area contributed by atoms with Crippen molar-refractivity contribution in [3.63, 3.8) is 0 Å². The third-order valence-electron chi connectivity index (χ3n) is 2.03. The number of hydrogen-bond acceptors (Lipinski definition) is 7. The summed E-state index contributed by atoms with van der Waals surface area (Å²) in [5.41, 5.74) is 2.53. The molecule has 94 valence electrons. The number of aromatic nitrogens is 3. The van der Waals surface area contributed by atoms with E-state index in [1.54, 1.807) is 0 Å². The predicted octanol–water partition coefficient (Wildman–Crippen LogP) is -0.0420. The van der Waals surface area contributed by atoms with Gasteiger partial charge in [0, 0.05) is 24.8 Å². The molecule has 0 fully saturated rings. The largest absolute Gasteiger partial charge is 0.323 e. The van der Waals surface area contributed by atoms with E-state index in [0.717, 1.165) is 0 Å². The minimum atomic E-state index is -3.81. The number of hydrazine groups is 1. The average molecular weight is 266 g/mol. The standard InChI is InChI=1S/C9H10N6O2S/c10-14-7-1-2-11-5-8(7)18(16,17)15-9-6-12-3-4-13-9/h1-6H,10H2,(H,11,14)(H,13,15). The highest BCUT2D eigenvalue weighted by molar-refractivity contribution is 7.92. The summed E-state index contributed by atoms with van der Waals surface area (Å²) in [6, 6.07) is 1.45. The van der Waals surface area contributed by atoms with Crippen molar-refractivity contribution in [1.82, 2.24) is 15.0 Å². The Morgan fingerprint density at radius 1 is 1.11 bits per heavy atom. The number of sulfonamides is 1. The van der Waals surface area contributed by atoms with Crippen molar-refractivity contribution in [2.45, 2.75) is 4.90 Å². The lowest BCUT2D eigenvalue weighted by Gasteiger charge is -2.10. The summed E-state index contributed by atoms with van der Waals surface area (Å²) in [4.78, 5) is 11.3. The molecule has 2 rings (SSSR count). The monoisotopic (exact) mass is 266 g/mol. The minimum Gasteiger partial charge on any atom is -0.323 e. The molecule has 0 aliphatic heterocycles. The van der Waals surface area contributed by atoms with Gasteiger partial charge in [-0.1, -0.05) is 0 Å². The average Bonchev–Trinajstić information content (AvgIpc) is 2.39. The molecule has 0 unspecified atom stereocenters. The van der Waals surface area contributed by atoms with E-state index >= 15 is 0 Å². The highest BCUT2D eigenvalue weighted by atomic mass is 32.2. The van der Waals surface area contributed by atoms with Gasteiger partial charge in [-0.3, -0.25) is 20.5 Å². The van der Waals surface area contributed by atoms with E-state index in [4.69, 9.17) is 5.84 Å². The normalized spacial score (nSPS) is 10.9. The Balaban J connectivity index is 2.37. The molecule has 2 heterocycles. The van der Waals surface area contributed by atoms with E-state index in [9.17, 15) is 8.42 Å². The molecule has 4 N–H and O–H groups in total. The number of pyridine rings is 1. The Kier molecular flexibility index (Phi) is 3.35. The lowest BCUT2D eigenvalue weighted by atomic mass is 10.4. The first-order valence-electron chi connectivity index (χ1n) is 4.83. The van der Waals surface area contributed by atoms with Gasteiger partial charge in [-0.05, 0) is 6.07 Å². The fourth-order valence-corrected chi connectivity index (χ4v) is 2.36. The summed E-state index contributed by atoms with van der Waals surface area (Å²) in [7, 11) is -3.81. The third-order valence-corrected chi connectivity index (χ3v) is 3.41. The van der Waals surface area contributed by atoms with Crippen molar-refractivity contribution >= 4 is 21.5 Å². The van der Waals surface area contributed by atoms with E-state index in [-0.39, 0.29) is 16.4 Å². The van der Waals surface area contributed by atoms with Gasteiger partial charge in [-0.2, -0.15) is 0 Å². The zero-order chi connectivity index (χ0) is 13.0. The molecule has 8 nitrogen and oxygen atoms in total. The number of anilines is 2. The fourth-order valence-electron chi connectivity index (χ4n) is 1.26. The van der Waals surface area contributed by atoms with Crippen molar-refractivity contribution in [3.05, 3.63) is 37.1 Å². The van der Waals surface area contributed by atoms with Crippen LogP contribution in [0.4, 0.5) is 11.5 Å². The molecule has 0 saturated heterocycles. The van der Waals surface area contributed by atoms with Crippen LogP contribution in [0.25, 0.3) is 0 Å². The van der Waals surface area contributed by atoms with Gasteiger partial charge in [-0.15, -0.1) is 0 Å². The number of nitrogens with zero attached hydrogens (tertiary/aromatic N) is 3. The molecule has 0 spiro atoms. The maximum absolute atomic E-state index is 12.1. The van der Waals surface area contributed by atoms with Crippen molar-refractivity contribution in [2.24, 2.45) is 5.84 Å². The first-order chi connectivity index (χ1) is 8.63. The van der Waals surface area contributed by atoms with E-state index in [2.05, 4.69) is 25.1 Å². The molecule has 18 heavy (non-hydrogen) atoms. The number of nitrogens with two attached hydrogens (primary N) is 1. The molecule has 0 radical (unpaired) electrons. The van der Waals surface area contributed by atoms with Gasteiger partial charge in [0.1, 0.15) is 4.90 Å². The first-order valence-corrected chi connectivity index (χ1v) is 6.31.